The minimum absolute atomic E-state index is 0.0315. The van der Waals surface area contributed by atoms with Gasteiger partial charge in [-0.25, -0.2) is 0 Å². The van der Waals surface area contributed by atoms with Gasteiger partial charge in [-0.2, -0.15) is 0 Å². The van der Waals surface area contributed by atoms with Crippen LogP contribution in [-0.4, -0.2) is 46.9 Å². The van der Waals surface area contributed by atoms with Crippen LogP contribution in [-0.2, 0) is 9.53 Å². The van der Waals surface area contributed by atoms with Crippen LogP contribution in [0, 0.1) is 0 Å². The molecule has 0 saturated carbocycles. The Labute approximate surface area is 116 Å². The van der Waals surface area contributed by atoms with Crippen LogP contribution in [0.1, 0.15) is 10.4 Å². The van der Waals surface area contributed by atoms with E-state index in [0.29, 0.717) is 11.4 Å². The zero-order valence-electron chi connectivity index (χ0n) is 11.7. The topological polar surface area (TPSA) is 74.3 Å². The molecule has 108 valence electrons. The van der Waals surface area contributed by atoms with Crippen molar-refractivity contribution in [2.75, 3.05) is 40.1 Å². The minimum atomic E-state index is -0.671. The fourth-order valence-corrected chi connectivity index (χ4v) is 2.17. The molecule has 0 bridgehead atoms. The maximum Gasteiger partial charge on any atom is 0.301 e. The van der Waals surface area contributed by atoms with Gasteiger partial charge < -0.3 is 18.9 Å². The lowest BCUT2D eigenvalue weighted by Crippen LogP contribution is -2.31. The average molecular weight is 281 g/mol. The molecule has 20 heavy (non-hydrogen) atoms. The second kappa shape index (κ2) is 5.38. The number of nitrogens with zero attached hydrogens (tertiary/aromatic N) is 1. The standard InChI is InChI=1S/C13H15NO6/c1-17-6-14-7-5-8(18-2)11(19-3)12(20-4)9(7)10(15)13(14)16/h5H,6H2,1-4H3. The van der Waals surface area contributed by atoms with Crippen molar-refractivity contribution < 1.29 is 28.5 Å². The van der Waals surface area contributed by atoms with Crippen molar-refractivity contribution in [1.29, 1.82) is 0 Å². The molecule has 1 aromatic carbocycles. The van der Waals surface area contributed by atoms with Crippen molar-refractivity contribution in [1.82, 2.24) is 0 Å². The Morgan fingerprint density at radius 1 is 1.00 bits per heavy atom. The summed E-state index contributed by atoms with van der Waals surface area (Å²) >= 11 is 0. The second-order valence-corrected chi connectivity index (χ2v) is 4.02. The summed E-state index contributed by atoms with van der Waals surface area (Å²) in [6, 6.07) is 1.55. The lowest BCUT2D eigenvalue weighted by atomic mass is 10.1. The van der Waals surface area contributed by atoms with Gasteiger partial charge in [0.1, 0.15) is 6.73 Å². The minimum Gasteiger partial charge on any atom is -0.493 e. The van der Waals surface area contributed by atoms with Crippen molar-refractivity contribution in [2.24, 2.45) is 0 Å². The molecular formula is C13H15NO6. The molecule has 1 aromatic rings. The number of fused-ring (bicyclic) bond motifs is 1. The van der Waals surface area contributed by atoms with E-state index in [4.69, 9.17) is 18.9 Å². The third-order valence-electron chi connectivity index (χ3n) is 3.02. The van der Waals surface area contributed by atoms with E-state index >= 15 is 0 Å². The number of amides is 1. The van der Waals surface area contributed by atoms with Gasteiger partial charge >= 0.3 is 5.91 Å². The molecule has 0 atom stereocenters. The van der Waals surface area contributed by atoms with Crippen LogP contribution in [0.5, 0.6) is 17.2 Å². The van der Waals surface area contributed by atoms with Crippen LogP contribution in [0.4, 0.5) is 5.69 Å². The maximum atomic E-state index is 12.1. The number of hydrogen-bond acceptors (Lipinski definition) is 6. The van der Waals surface area contributed by atoms with E-state index in [1.165, 1.54) is 33.3 Å². The zero-order valence-corrected chi connectivity index (χ0v) is 11.7. The molecular weight excluding hydrogens is 266 g/mol. The molecule has 1 amide bonds. The molecule has 0 aromatic heterocycles. The van der Waals surface area contributed by atoms with Gasteiger partial charge in [0, 0.05) is 13.2 Å². The van der Waals surface area contributed by atoms with E-state index in [0.717, 1.165) is 0 Å². The molecule has 0 radical (unpaired) electrons. The Balaban J connectivity index is 2.72. The number of methoxy groups -OCH3 is 4. The fourth-order valence-electron chi connectivity index (χ4n) is 2.17. The summed E-state index contributed by atoms with van der Waals surface area (Å²) in [5.41, 5.74) is 0.545. The number of anilines is 1. The quantitative estimate of drug-likeness (QED) is 0.745. The lowest BCUT2D eigenvalue weighted by molar-refractivity contribution is -0.115. The van der Waals surface area contributed by atoms with Gasteiger partial charge in [-0.3, -0.25) is 14.5 Å². The number of ketones is 1. The second-order valence-electron chi connectivity index (χ2n) is 4.02. The molecule has 1 aliphatic rings. The van der Waals surface area contributed by atoms with Crippen LogP contribution < -0.4 is 19.1 Å². The SMILES string of the molecule is COCN1C(=O)C(=O)c2c1cc(OC)c(OC)c2OC. The van der Waals surface area contributed by atoms with E-state index < -0.39 is 11.7 Å². The number of Topliss-reactive ketones (excluding diaryl/α,β-unsaturated/α-hetero) is 1. The smallest absolute Gasteiger partial charge is 0.301 e. The summed E-state index contributed by atoms with van der Waals surface area (Å²) in [4.78, 5) is 25.3. The number of carbonyl (C=O) groups excluding carboxylic acids is 2. The lowest BCUT2D eigenvalue weighted by Gasteiger charge is -2.18. The molecule has 0 N–H and O–H groups in total. The summed E-state index contributed by atoms with van der Waals surface area (Å²) < 4.78 is 20.6. The molecule has 1 aliphatic heterocycles. The van der Waals surface area contributed by atoms with Crippen LogP contribution in [0.25, 0.3) is 0 Å². The fraction of sp³-hybridized carbons (Fsp3) is 0.385. The first kappa shape index (κ1) is 14.1. The molecule has 0 aliphatic carbocycles. The van der Waals surface area contributed by atoms with Gasteiger partial charge in [-0.05, 0) is 0 Å². The summed E-state index contributed by atoms with van der Waals surface area (Å²) in [7, 11) is 5.73. The molecule has 0 fully saturated rings. The Hall–Kier alpha value is -2.28. The molecule has 1 heterocycles. The van der Waals surface area contributed by atoms with E-state index in [-0.39, 0.29) is 23.8 Å². The van der Waals surface area contributed by atoms with Crippen molar-refractivity contribution in [3.05, 3.63) is 11.6 Å². The highest BCUT2D eigenvalue weighted by Gasteiger charge is 2.41. The van der Waals surface area contributed by atoms with Crippen LogP contribution in [0.2, 0.25) is 0 Å². The number of rotatable bonds is 5. The first-order valence-electron chi connectivity index (χ1n) is 5.78. The average Bonchev–Trinajstić information content (AvgIpc) is 2.70. The Bertz CT molecular complexity index is 568. The van der Waals surface area contributed by atoms with E-state index in [2.05, 4.69) is 0 Å². The summed E-state index contributed by atoms with van der Waals surface area (Å²) in [6.45, 7) is -0.0315. The van der Waals surface area contributed by atoms with Crippen molar-refractivity contribution in [2.45, 2.75) is 0 Å². The third-order valence-corrected chi connectivity index (χ3v) is 3.02. The highest BCUT2D eigenvalue weighted by Crippen LogP contribution is 2.47. The first-order valence-corrected chi connectivity index (χ1v) is 5.78. The van der Waals surface area contributed by atoms with E-state index in [9.17, 15) is 9.59 Å². The maximum absolute atomic E-state index is 12.1. The van der Waals surface area contributed by atoms with E-state index in [1.54, 1.807) is 6.07 Å². The number of ether oxygens (including phenoxy) is 4. The molecule has 0 saturated heterocycles. The number of carbonyl (C=O) groups is 2. The van der Waals surface area contributed by atoms with Gasteiger partial charge in [0.25, 0.3) is 5.78 Å². The van der Waals surface area contributed by atoms with Gasteiger partial charge in [-0.1, -0.05) is 0 Å². The highest BCUT2D eigenvalue weighted by molar-refractivity contribution is 6.53. The van der Waals surface area contributed by atoms with Gasteiger partial charge in [0.15, 0.2) is 11.5 Å². The Morgan fingerprint density at radius 3 is 2.15 bits per heavy atom. The van der Waals surface area contributed by atoms with Gasteiger partial charge in [0.05, 0.1) is 32.6 Å². The van der Waals surface area contributed by atoms with Crippen LogP contribution >= 0.6 is 0 Å². The summed E-state index contributed by atoms with van der Waals surface area (Å²) in [5.74, 6) is -0.509. The normalized spacial score (nSPS) is 13.5. The van der Waals surface area contributed by atoms with Crippen LogP contribution in [0.15, 0.2) is 6.07 Å². The zero-order chi connectivity index (χ0) is 14.9. The highest BCUT2D eigenvalue weighted by atomic mass is 16.5. The predicted octanol–water partition coefficient (Wildman–Crippen LogP) is 0.846. The van der Waals surface area contributed by atoms with Gasteiger partial charge in [-0.15, -0.1) is 0 Å². The summed E-state index contributed by atoms with van der Waals surface area (Å²) in [5, 5.41) is 0. The third kappa shape index (κ3) is 1.87. The predicted molar refractivity (Wildman–Crippen MR) is 69.8 cm³/mol. The summed E-state index contributed by atoms with van der Waals surface area (Å²) in [6.07, 6.45) is 0. The Kier molecular flexibility index (Phi) is 3.80. The van der Waals surface area contributed by atoms with Crippen molar-refractivity contribution >= 4 is 17.4 Å². The number of benzene rings is 1. The van der Waals surface area contributed by atoms with Gasteiger partial charge in [0.2, 0.25) is 5.75 Å². The van der Waals surface area contributed by atoms with Crippen molar-refractivity contribution in [3.8, 4) is 17.2 Å². The van der Waals surface area contributed by atoms with Crippen LogP contribution in [0.3, 0.4) is 0 Å². The largest absolute Gasteiger partial charge is 0.493 e. The number of hydrogen-bond donors (Lipinski definition) is 0. The first-order chi connectivity index (χ1) is 9.60. The molecule has 7 heteroatoms. The monoisotopic (exact) mass is 281 g/mol. The molecule has 0 unspecified atom stereocenters. The Morgan fingerprint density at radius 2 is 1.65 bits per heavy atom. The van der Waals surface area contributed by atoms with Crippen molar-refractivity contribution in [3.63, 3.8) is 0 Å². The molecule has 2 rings (SSSR count). The molecule has 7 nitrogen and oxygen atoms in total. The molecule has 0 spiro atoms. The van der Waals surface area contributed by atoms with E-state index in [1.807, 2.05) is 0 Å².